The van der Waals surface area contributed by atoms with Gasteiger partial charge in [0.1, 0.15) is 0 Å². The Morgan fingerprint density at radius 2 is 2.27 bits per heavy atom. The number of hydrogen-bond donors (Lipinski definition) is 1. The Morgan fingerprint density at radius 1 is 1.55 bits per heavy atom. The van der Waals surface area contributed by atoms with E-state index in [-0.39, 0.29) is 12.2 Å². The SMILES string of the molecule is CO[C@H]1[C@H]([CH2][Hg][CH3])CC[C@H]1O. The van der Waals surface area contributed by atoms with Gasteiger partial charge in [0.05, 0.1) is 0 Å². The predicted octanol–water partition coefficient (Wildman–Crippen LogP) is 1.32. The van der Waals surface area contributed by atoms with Crippen molar-refractivity contribution in [1.82, 2.24) is 0 Å². The molecule has 11 heavy (non-hydrogen) atoms. The molecule has 1 aliphatic carbocycles. The summed E-state index contributed by atoms with van der Waals surface area (Å²) in [5, 5.41) is 9.49. The van der Waals surface area contributed by atoms with Crippen molar-refractivity contribution in [3.8, 4) is 0 Å². The van der Waals surface area contributed by atoms with Gasteiger partial charge in [-0.05, 0) is 0 Å². The molecule has 1 fully saturated rings. The minimum atomic E-state index is -0.508. The van der Waals surface area contributed by atoms with Crippen molar-refractivity contribution in [1.29, 1.82) is 0 Å². The first-order valence-electron chi connectivity index (χ1n) is 4.50. The summed E-state index contributed by atoms with van der Waals surface area (Å²) in [6.45, 7) is 0. The molecule has 0 radical (unpaired) electrons. The van der Waals surface area contributed by atoms with E-state index < -0.39 is 24.6 Å². The van der Waals surface area contributed by atoms with Gasteiger partial charge in [-0.25, -0.2) is 0 Å². The molecule has 0 aromatic carbocycles. The maximum atomic E-state index is 9.49. The van der Waals surface area contributed by atoms with E-state index in [1.807, 2.05) is 0 Å². The summed E-state index contributed by atoms with van der Waals surface area (Å²) in [7, 11) is 1.72. The van der Waals surface area contributed by atoms with Crippen LogP contribution in [0.1, 0.15) is 12.8 Å². The summed E-state index contributed by atoms with van der Waals surface area (Å²) in [5.41, 5.74) is 0. The van der Waals surface area contributed by atoms with Crippen LogP contribution in [-0.2, 0) is 29.3 Å². The van der Waals surface area contributed by atoms with Gasteiger partial charge in [0.2, 0.25) is 0 Å². The van der Waals surface area contributed by atoms with Crippen LogP contribution in [0.2, 0.25) is 8.36 Å². The van der Waals surface area contributed by atoms with Gasteiger partial charge in [-0.2, -0.15) is 0 Å². The summed E-state index contributed by atoms with van der Waals surface area (Å²) in [4.78, 5) is 0. The molecule has 1 rings (SSSR count). The molecule has 0 aromatic rings. The molecule has 3 heteroatoms. The fourth-order valence-corrected chi connectivity index (χ4v) is 7.34. The van der Waals surface area contributed by atoms with Crippen LogP contribution >= 0.6 is 0 Å². The Hall–Kier alpha value is 0.855. The van der Waals surface area contributed by atoms with E-state index in [4.69, 9.17) is 4.74 Å². The summed E-state index contributed by atoms with van der Waals surface area (Å²) < 4.78 is 9.09. The minimum absolute atomic E-state index is 0.162. The number of rotatable bonds is 3. The Labute approximate surface area is 80.8 Å². The van der Waals surface area contributed by atoms with E-state index in [9.17, 15) is 5.11 Å². The van der Waals surface area contributed by atoms with Crippen LogP contribution in [0.15, 0.2) is 0 Å². The molecule has 2 nitrogen and oxygen atoms in total. The topological polar surface area (TPSA) is 29.5 Å². The van der Waals surface area contributed by atoms with Gasteiger partial charge >= 0.3 is 80.9 Å². The van der Waals surface area contributed by atoms with Gasteiger partial charge in [0.25, 0.3) is 0 Å². The second-order valence-corrected chi connectivity index (χ2v) is 9.53. The van der Waals surface area contributed by atoms with Crippen molar-refractivity contribution >= 4 is 0 Å². The Bertz CT molecular complexity index is 117. The predicted molar refractivity (Wildman–Crippen MR) is 40.2 cm³/mol. The summed E-state index contributed by atoms with van der Waals surface area (Å²) in [5.74, 6) is 0.696. The fourth-order valence-electron chi connectivity index (χ4n) is 2.06. The van der Waals surface area contributed by atoms with Crippen LogP contribution in [0.25, 0.3) is 0 Å². The Balaban J connectivity index is 2.40. The summed E-state index contributed by atoms with van der Waals surface area (Å²) >= 11 is -0.508. The van der Waals surface area contributed by atoms with Crippen molar-refractivity contribution in [2.75, 3.05) is 7.11 Å². The van der Waals surface area contributed by atoms with E-state index in [0.29, 0.717) is 5.92 Å². The number of aliphatic hydroxyl groups is 1. The van der Waals surface area contributed by atoms with E-state index in [1.165, 1.54) is 10.4 Å². The molecule has 0 bridgehead atoms. The molecular weight excluding hydrogens is 329 g/mol. The summed E-state index contributed by atoms with van der Waals surface area (Å²) in [6, 6.07) is 0. The van der Waals surface area contributed by atoms with Crippen LogP contribution in [0.3, 0.4) is 0 Å². The van der Waals surface area contributed by atoms with Crippen molar-refractivity contribution in [2.24, 2.45) is 5.92 Å². The maximum absolute atomic E-state index is 9.49. The van der Waals surface area contributed by atoms with Crippen molar-refractivity contribution < 1.29 is 34.4 Å². The first-order valence-corrected chi connectivity index (χ1v) is 13.9. The zero-order valence-electron chi connectivity index (χ0n) is 7.42. The average molecular weight is 345 g/mol. The van der Waals surface area contributed by atoms with Gasteiger partial charge in [0.15, 0.2) is 0 Å². The Morgan fingerprint density at radius 3 is 2.82 bits per heavy atom. The fraction of sp³-hybridized carbons (Fsp3) is 1.00. The van der Waals surface area contributed by atoms with E-state index in [2.05, 4.69) is 4.43 Å². The van der Waals surface area contributed by atoms with E-state index >= 15 is 0 Å². The van der Waals surface area contributed by atoms with Crippen molar-refractivity contribution in [2.45, 2.75) is 33.4 Å². The normalized spacial score (nSPS) is 37.2. The molecule has 0 aliphatic heterocycles. The molecule has 0 aromatic heterocycles. The van der Waals surface area contributed by atoms with Gasteiger partial charge in [-0.1, -0.05) is 0 Å². The van der Waals surface area contributed by atoms with Crippen LogP contribution in [0.5, 0.6) is 0 Å². The van der Waals surface area contributed by atoms with Crippen LogP contribution in [0.4, 0.5) is 0 Å². The molecule has 0 saturated heterocycles. The van der Waals surface area contributed by atoms with Crippen LogP contribution in [0, 0.1) is 5.92 Å². The monoisotopic (exact) mass is 346 g/mol. The van der Waals surface area contributed by atoms with E-state index in [1.54, 1.807) is 7.11 Å². The zero-order valence-corrected chi connectivity index (χ0v) is 12.9. The van der Waals surface area contributed by atoms with Gasteiger partial charge in [-0.3, -0.25) is 0 Å². The number of ether oxygens (including phenoxy) is 1. The van der Waals surface area contributed by atoms with Crippen molar-refractivity contribution in [3.05, 3.63) is 0 Å². The molecule has 3 atom stereocenters. The van der Waals surface area contributed by atoms with Crippen LogP contribution in [-0.4, -0.2) is 24.4 Å². The third-order valence-electron chi connectivity index (χ3n) is 2.61. The van der Waals surface area contributed by atoms with Gasteiger partial charge in [0, 0.05) is 0 Å². The zero-order chi connectivity index (χ0) is 8.27. The Kier molecular flexibility index (Phi) is 4.32. The molecular formula is C8H16HgO2. The molecule has 0 amide bonds. The molecule has 0 heterocycles. The summed E-state index contributed by atoms with van der Waals surface area (Å²) in [6.07, 6.45) is 2.13. The first kappa shape index (κ1) is 9.94. The third-order valence-corrected chi connectivity index (χ3v) is 7.74. The second kappa shape index (κ2) is 4.78. The second-order valence-electron chi connectivity index (χ2n) is 3.39. The molecule has 0 spiro atoms. The molecule has 62 valence electrons. The number of methoxy groups -OCH3 is 1. The van der Waals surface area contributed by atoms with Crippen molar-refractivity contribution in [3.63, 3.8) is 0 Å². The van der Waals surface area contributed by atoms with E-state index in [0.717, 1.165) is 6.42 Å². The number of hydrogen-bond acceptors (Lipinski definition) is 2. The van der Waals surface area contributed by atoms with Gasteiger partial charge in [-0.15, -0.1) is 0 Å². The first-order chi connectivity index (χ1) is 5.29. The molecule has 0 unspecified atom stereocenters. The molecule has 1 saturated carbocycles. The average Bonchev–Trinajstić information content (AvgIpc) is 2.33. The van der Waals surface area contributed by atoms with Crippen LogP contribution < -0.4 is 0 Å². The standard InChI is InChI=1S/C7H13O2.CH3.Hg/c1-5-3-4-6(8)7(5)9-2;;/h5-8H,1,3-4H2,2H3;1H3;/t5-,6-,7+;;/m1../s1. The third kappa shape index (κ3) is 2.39. The number of aliphatic hydroxyl groups excluding tert-OH is 1. The quantitative estimate of drug-likeness (QED) is 0.783. The molecule has 1 N–H and O–H groups in total. The molecule has 1 aliphatic rings. The van der Waals surface area contributed by atoms with Gasteiger partial charge < -0.3 is 0 Å².